The summed E-state index contributed by atoms with van der Waals surface area (Å²) in [5, 5.41) is 13.3. The minimum absolute atomic E-state index is 0.0739. The fourth-order valence-electron chi connectivity index (χ4n) is 2.65. The quantitative estimate of drug-likeness (QED) is 0.909. The SMILES string of the molecule is CC[C@]1(C(=O)O)CCCN1C(=O)Cc1ccsc1. The molecule has 1 N–H and O–H groups in total. The van der Waals surface area contributed by atoms with Crippen LogP contribution in [0, 0.1) is 0 Å². The van der Waals surface area contributed by atoms with Crippen LogP contribution in [0.3, 0.4) is 0 Å². The summed E-state index contributed by atoms with van der Waals surface area (Å²) in [5.74, 6) is -0.948. The first-order valence-corrected chi connectivity index (χ1v) is 7.09. The lowest BCUT2D eigenvalue weighted by molar-refractivity contribution is -0.156. The molecule has 1 aliphatic heterocycles. The van der Waals surface area contributed by atoms with Crippen molar-refractivity contribution < 1.29 is 14.7 Å². The molecule has 4 nitrogen and oxygen atoms in total. The van der Waals surface area contributed by atoms with Crippen LogP contribution in [0.25, 0.3) is 0 Å². The molecule has 2 heterocycles. The van der Waals surface area contributed by atoms with Gasteiger partial charge in [-0.05, 0) is 41.7 Å². The van der Waals surface area contributed by atoms with Gasteiger partial charge in [-0.25, -0.2) is 4.79 Å². The van der Waals surface area contributed by atoms with Gasteiger partial charge in [-0.1, -0.05) is 6.92 Å². The molecule has 0 radical (unpaired) electrons. The molecule has 0 saturated carbocycles. The van der Waals surface area contributed by atoms with Crippen LogP contribution < -0.4 is 0 Å². The molecule has 1 saturated heterocycles. The van der Waals surface area contributed by atoms with Crippen molar-refractivity contribution in [3.05, 3.63) is 22.4 Å². The molecule has 0 bridgehead atoms. The Bertz CT molecular complexity index is 443. The van der Waals surface area contributed by atoms with E-state index in [2.05, 4.69) is 0 Å². The Kier molecular flexibility index (Phi) is 3.71. The van der Waals surface area contributed by atoms with Gasteiger partial charge in [0.25, 0.3) is 0 Å². The fourth-order valence-corrected chi connectivity index (χ4v) is 3.32. The van der Waals surface area contributed by atoms with Crippen molar-refractivity contribution in [1.82, 2.24) is 4.90 Å². The molecule has 18 heavy (non-hydrogen) atoms. The molecule has 5 heteroatoms. The predicted octanol–water partition coefficient (Wildman–Crippen LogP) is 2.15. The lowest BCUT2D eigenvalue weighted by Crippen LogP contribution is -2.53. The van der Waals surface area contributed by atoms with E-state index >= 15 is 0 Å². The van der Waals surface area contributed by atoms with Crippen molar-refractivity contribution in [2.75, 3.05) is 6.54 Å². The largest absolute Gasteiger partial charge is 0.479 e. The zero-order valence-electron chi connectivity index (χ0n) is 10.4. The van der Waals surface area contributed by atoms with Crippen molar-refractivity contribution in [3.8, 4) is 0 Å². The molecule has 1 fully saturated rings. The Hall–Kier alpha value is -1.36. The maximum Gasteiger partial charge on any atom is 0.329 e. The third-order valence-electron chi connectivity index (χ3n) is 3.71. The van der Waals surface area contributed by atoms with E-state index in [9.17, 15) is 14.7 Å². The Morgan fingerprint density at radius 3 is 2.89 bits per heavy atom. The van der Waals surface area contributed by atoms with Crippen LogP contribution in [0.5, 0.6) is 0 Å². The van der Waals surface area contributed by atoms with Crippen molar-refractivity contribution >= 4 is 23.2 Å². The second-order valence-corrected chi connectivity index (χ2v) is 5.43. The zero-order chi connectivity index (χ0) is 13.2. The molecular formula is C13H17NO3S. The topological polar surface area (TPSA) is 57.6 Å². The molecule has 0 spiro atoms. The number of hydrogen-bond donors (Lipinski definition) is 1. The van der Waals surface area contributed by atoms with Gasteiger partial charge in [-0.2, -0.15) is 11.3 Å². The Balaban J connectivity index is 2.16. The van der Waals surface area contributed by atoms with E-state index in [4.69, 9.17) is 0 Å². The summed E-state index contributed by atoms with van der Waals surface area (Å²) in [7, 11) is 0. The number of carboxylic acids is 1. The van der Waals surface area contributed by atoms with Gasteiger partial charge in [0.05, 0.1) is 6.42 Å². The van der Waals surface area contributed by atoms with E-state index in [1.54, 1.807) is 16.2 Å². The van der Waals surface area contributed by atoms with Crippen LogP contribution in [0.2, 0.25) is 0 Å². The average Bonchev–Trinajstić information content (AvgIpc) is 2.96. The molecule has 1 atom stereocenters. The number of rotatable bonds is 4. The van der Waals surface area contributed by atoms with Crippen LogP contribution >= 0.6 is 11.3 Å². The van der Waals surface area contributed by atoms with Gasteiger partial charge < -0.3 is 10.0 Å². The van der Waals surface area contributed by atoms with Gasteiger partial charge in [0.1, 0.15) is 5.54 Å². The molecule has 0 aliphatic carbocycles. The normalized spacial score (nSPS) is 23.3. The minimum atomic E-state index is -0.979. The summed E-state index contributed by atoms with van der Waals surface area (Å²) in [4.78, 5) is 25.3. The molecular weight excluding hydrogens is 250 g/mol. The Morgan fingerprint density at radius 2 is 2.33 bits per heavy atom. The fraction of sp³-hybridized carbons (Fsp3) is 0.538. The second kappa shape index (κ2) is 5.10. The first-order chi connectivity index (χ1) is 8.60. The maximum absolute atomic E-state index is 12.3. The highest BCUT2D eigenvalue weighted by Crippen LogP contribution is 2.33. The number of hydrogen-bond acceptors (Lipinski definition) is 3. The number of nitrogens with zero attached hydrogens (tertiary/aromatic N) is 1. The lowest BCUT2D eigenvalue weighted by Gasteiger charge is -2.33. The number of amides is 1. The smallest absolute Gasteiger partial charge is 0.329 e. The summed E-state index contributed by atoms with van der Waals surface area (Å²) < 4.78 is 0. The molecule has 1 amide bonds. The number of carbonyl (C=O) groups is 2. The Labute approximate surface area is 110 Å². The second-order valence-electron chi connectivity index (χ2n) is 4.65. The van der Waals surface area contributed by atoms with Gasteiger partial charge in [-0.15, -0.1) is 0 Å². The van der Waals surface area contributed by atoms with E-state index in [1.807, 2.05) is 23.8 Å². The highest BCUT2D eigenvalue weighted by Gasteiger charge is 2.48. The standard InChI is InChI=1S/C13H17NO3S/c1-2-13(12(16)17)5-3-6-14(13)11(15)8-10-4-7-18-9-10/h4,7,9H,2-3,5-6,8H2,1H3,(H,16,17)/t13-/m1/s1. The third-order valence-corrected chi connectivity index (χ3v) is 4.44. The van der Waals surface area contributed by atoms with Gasteiger partial charge in [0.15, 0.2) is 0 Å². The monoisotopic (exact) mass is 267 g/mol. The summed E-state index contributed by atoms with van der Waals surface area (Å²) in [6.07, 6.45) is 2.11. The number of aliphatic carboxylic acids is 1. The van der Waals surface area contributed by atoms with Crippen molar-refractivity contribution in [2.24, 2.45) is 0 Å². The first kappa shape index (κ1) is 13.1. The van der Waals surface area contributed by atoms with E-state index < -0.39 is 11.5 Å². The summed E-state index contributed by atoms with van der Waals surface area (Å²) in [5.41, 5.74) is -0.0140. The van der Waals surface area contributed by atoms with Gasteiger partial charge in [0.2, 0.25) is 5.91 Å². The first-order valence-electron chi connectivity index (χ1n) is 6.15. The van der Waals surface area contributed by atoms with Crippen molar-refractivity contribution in [2.45, 2.75) is 38.1 Å². The number of likely N-dealkylation sites (tertiary alicyclic amines) is 1. The van der Waals surface area contributed by atoms with E-state index in [0.717, 1.165) is 12.0 Å². The van der Waals surface area contributed by atoms with E-state index in [-0.39, 0.29) is 5.91 Å². The van der Waals surface area contributed by atoms with Crippen LogP contribution in [0.15, 0.2) is 16.8 Å². The van der Waals surface area contributed by atoms with Crippen molar-refractivity contribution in [3.63, 3.8) is 0 Å². The molecule has 0 unspecified atom stereocenters. The predicted molar refractivity (Wildman–Crippen MR) is 69.6 cm³/mol. The number of carbonyl (C=O) groups excluding carboxylic acids is 1. The van der Waals surface area contributed by atoms with E-state index in [0.29, 0.717) is 25.8 Å². The van der Waals surface area contributed by atoms with Crippen LogP contribution in [-0.2, 0) is 16.0 Å². The van der Waals surface area contributed by atoms with Crippen LogP contribution in [-0.4, -0.2) is 34.0 Å². The van der Waals surface area contributed by atoms with Gasteiger partial charge >= 0.3 is 5.97 Å². The number of carboxylic acid groups (broad SMARTS) is 1. The molecule has 2 rings (SSSR count). The molecule has 0 aromatic carbocycles. The van der Waals surface area contributed by atoms with Gasteiger partial charge in [-0.3, -0.25) is 4.79 Å². The molecule has 1 aromatic heterocycles. The zero-order valence-corrected chi connectivity index (χ0v) is 11.2. The average molecular weight is 267 g/mol. The van der Waals surface area contributed by atoms with Crippen LogP contribution in [0.1, 0.15) is 31.7 Å². The summed E-state index contributed by atoms with van der Waals surface area (Å²) >= 11 is 1.55. The lowest BCUT2D eigenvalue weighted by atomic mass is 9.92. The molecule has 98 valence electrons. The Morgan fingerprint density at radius 1 is 1.56 bits per heavy atom. The molecule has 1 aliphatic rings. The highest BCUT2D eigenvalue weighted by atomic mass is 32.1. The van der Waals surface area contributed by atoms with Gasteiger partial charge in [0, 0.05) is 6.54 Å². The third kappa shape index (κ3) is 2.14. The minimum Gasteiger partial charge on any atom is -0.479 e. The summed E-state index contributed by atoms with van der Waals surface area (Å²) in [6.45, 7) is 2.40. The maximum atomic E-state index is 12.3. The summed E-state index contributed by atoms with van der Waals surface area (Å²) in [6, 6.07) is 1.91. The molecule has 1 aromatic rings. The van der Waals surface area contributed by atoms with Crippen molar-refractivity contribution in [1.29, 1.82) is 0 Å². The highest BCUT2D eigenvalue weighted by molar-refractivity contribution is 7.07. The van der Waals surface area contributed by atoms with E-state index in [1.165, 1.54) is 0 Å². The van der Waals surface area contributed by atoms with Crippen LogP contribution in [0.4, 0.5) is 0 Å². The number of thiophene rings is 1.